The molecule has 1 fully saturated rings. The Bertz CT molecular complexity index is 783. The van der Waals surface area contributed by atoms with Gasteiger partial charge in [-0.15, -0.1) is 0 Å². The third-order valence-electron chi connectivity index (χ3n) is 4.79. The summed E-state index contributed by atoms with van der Waals surface area (Å²) in [4.78, 5) is 52.3. The highest BCUT2D eigenvalue weighted by atomic mass is 16.5. The number of imide groups is 1. The van der Waals surface area contributed by atoms with Gasteiger partial charge in [0.15, 0.2) is 6.61 Å². The van der Waals surface area contributed by atoms with Crippen molar-refractivity contribution in [2.45, 2.75) is 40.2 Å². The highest BCUT2D eigenvalue weighted by molar-refractivity contribution is 6.08. The second-order valence-corrected chi connectivity index (χ2v) is 8.56. The van der Waals surface area contributed by atoms with Crippen LogP contribution in [0.5, 0.6) is 0 Å². The highest BCUT2D eigenvalue weighted by Crippen LogP contribution is 2.28. The molecule has 0 radical (unpaired) electrons. The summed E-state index contributed by atoms with van der Waals surface area (Å²) in [6.07, 6.45) is 0. The van der Waals surface area contributed by atoms with Crippen LogP contribution in [0.15, 0.2) is 30.3 Å². The van der Waals surface area contributed by atoms with Crippen molar-refractivity contribution in [1.82, 2.24) is 15.1 Å². The van der Waals surface area contributed by atoms with Crippen LogP contribution in [0.1, 0.15) is 40.2 Å². The maximum atomic E-state index is 12.8. The van der Waals surface area contributed by atoms with Crippen molar-refractivity contribution in [3.63, 3.8) is 0 Å². The average molecular weight is 418 g/mol. The number of carbonyl (C=O) groups is 4. The number of benzene rings is 1. The minimum Gasteiger partial charge on any atom is -0.454 e. The minimum absolute atomic E-state index is 0.282. The Morgan fingerprint density at radius 3 is 2.17 bits per heavy atom. The van der Waals surface area contributed by atoms with Gasteiger partial charge in [-0.2, -0.15) is 0 Å². The molecule has 1 aliphatic rings. The summed E-state index contributed by atoms with van der Waals surface area (Å²) in [7, 11) is 0. The van der Waals surface area contributed by atoms with Crippen LogP contribution in [-0.2, 0) is 24.7 Å². The smallest absolute Gasteiger partial charge is 0.326 e. The van der Waals surface area contributed by atoms with Gasteiger partial charge in [-0.3, -0.25) is 19.3 Å². The van der Waals surface area contributed by atoms with Crippen molar-refractivity contribution in [2.75, 3.05) is 26.2 Å². The molecule has 0 aliphatic carbocycles. The van der Waals surface area contributed by atoms with Gasteiger partial charge in [0.05, 0.1) is 0 Å². The molecule has 0 bridgehead atoms. The third-order valence-corrected chi connectivity index (χ3v) is 4.79. The third kappa shape index (κ3) is 5.58. The Morgan fingerprint density at radius 1 is 1.07 bits per heavy atom. The van der Waals surface area contributed by atoms with Crippen LogP contribution in [0.4, 0.5) is 4.79 Å². The first-order chi connectivity index (χ1) is 14.0. The number of carbonyl (C=O) groups excluding carboxylic acids is 4. The first kappa shape index (κ1) is 23.4. The molecule has 4 amide bonds. The molecule has 0 spiro atoms. The molecule has 1 aliphatic heterocycles. The van der Waals surface area contributed by atoms with E-state index >= 15 is 0 Å². The molecule has 0 unspecified atom stereocenters. The number of ether oxygens (including phenoxy) is 1. The molecule has 1 heterocycles. The SMILES string of the molecule is CC(C)CN(CC(C)C)C(=O)COC(=O)CN1C(=O)N[C@](C)(c2ccccc2)C1=O. The molecule has 30 heavy (non-hydrogen) atoms. The molecule has 1 N–H and O–H groups in total. The molecule has 0 saturated carbocycles. The molecule has 2 rings (SSSR count). The zero-order valence-electron chi connectivity index (χ0n) is 18.3. The lowest BCUT2D eigenvalue weighted by Gasteiger charge is -2.26. The molecule has 1 aromatic rings. The van der Waals surface area contributed by atoms with Crippen molar-refractivity contribution >= 4 is 23.8 Å². The Balaban J connectivity index is 1.96. The maximum Gasteiger partial charge on any atom is 0.326 e. The summed E-state index contributed by atoms with van der Waals surface area (Å²) >= 11 is 0. The molecular weight excluding hydrogens is 386 g/mol. The zero-order valence-corrected chi connectivity index (χ0v) is 18.3. The van der Waals surface area contributed by atoms with Gasteiger partial charge in [-0.05, 0) is 24.3 Å². The highest BCUT2D eigenvalue weighted by Gasteiger charge is 2.49. The maximum absolute atomic E-state index is 12.8. The molecule has 1 atom stereocenters. The van der Waals surface area contributed by atoms with E-state index < -0.39 is 36.6 Å². The van der Waals surface area contributed by atoms with Crippen molar-refractivity contribution < 1.29 is 23.9 Å². The predicted octanol–water partition coefficient (Wildman–Crippen LogP) is 2.14. The summed E-state index contributed by atoms with van der Waals surface area (Å²) in [5.41, 5.74) is -0.632. The molecule has 1 saturated heterocycles. The van der Waals surface area contributed by atoms with Crippen molar-refractivity contribution in [1.29, 1.82) is 0 Å². The summed E-state index contributed by atoms with van der Waals surface area (Å²) in [5, 5.41) is 2.63. The van der Waals surface area contributed by atoms with E-state index in [1.165, 1.54) is 0 Å². The largest absolute Gasteiger partial charge is 0.454 e. The number of nitrogens with one attached hydrogen (secondary N) is 1. The van der Waals surface area contributed by atoms with E-state index in [1.54, 1.807) is 36.1 Å². The Morgan fingerprint density at radius 2 is 1.63 bits per heavy atom. The van der Waals surface area contributed by atoms with E-state index in [0.29, 0.717) is 18.7 Å². The predicted molar refractivity (Wildman–Crippen MR) is 111 cm³/mol. The second kappa shape index (κ2) is 9.73. The number of hydrogen-bond acceptors (Lipinski definition) is 5. The number of rotatable bonds is 9. The number of nitrogens with zero attached hydrogens (tertiary/aromatic N) is 2. The lowest BCUT2D eigenvalue weighted by Crippen LogP contribution is -2.42. The quantitative estimate of drug-likeness (QED) is 0.491. The van der Waals surface area contributed by atoms with Crippen LogP contribution in [0.3, 0.4) is 0 Å². The van der Waals surface area contributed by atoms with Crippen LogP contribution >= 0.6 is 0 Å². The summed E-state index contributed by atoms with van der Waals surface area (Å²) in [5.74, 6) is -1.08. The molecule has 0 aromatic heterocycles. The van der Waals surface area contributed by atoms with Gasteiger partial charge in [0.2, 0.25) is 0 Å². The first-order valence-corrected chi connectivity index (χ1v) is 10.2. The van der Waals surface area contributed by atoms with E-state index in [0.717, 1.165) is 4.90 Å². The summed E-state index contributed by atoms with van der Waals surface area (Å²) < 4.78 is 5.08. The fraction of sp³-hybridized carbons (Fsp3) is 0.545. The average Bonchev–Trinajstić information content (AvgIpc) is 2.89. The standard InChI is InChI=1S/C22H31N3O5/c1-15(2)11-24(12-16(3)4)18(26)14-30-19(27)13-25-20(28)22(5,23-21(25)29)17-9-7-6-8-10-17/h6-10,15-16H,11-14H2,1-5H3,(H,23,29)/t22-/m1/s1. The van der Waals surface area contributed by atoms with E-state index in [1.807, 2.05) is 33.8 Å². The Hall–Kier alpha value is -2.90. The first-order valence-electron chi connectivity index (χ1n) is 10.2. The van der Waals surface area contributed by atoms with Crippen molar-refractivity contribution in [2.24, 2.45) is 11.8 Å². The number of hydrogen-bond donors (Lipinski definition) is 1. The van der Waals surface area contributed by atoms with Crippen LogP contribution in [0.25, 0.3) is 0 Å². The van der Waals surface area contributed by atoms with Gasteiger partial charge in [0.1, 0.15) is 12.1 Å². The van der Waals surface area contributed by atoms with Gasteiger partial charge >= 0.3 is 12.0 Å². The molecule has 8 heteroatoms. The minimum atomic E-state index is -1.25. The lowest BCUT2D eigenvalue weighted by molar-refractivity contribution is -0.154. The molecule has 164 valence electrons. The van der Waals surface area contributed by atoms with Crippen LogP contribution in [-0.4, -0.2) is 59.9 Å². The Kier molecular flexibility index (Phi) is 7.59. The summed E-state index contributed by atoms with van der Waals surface area (Å²) in [6.45, 7) is 9.79. The number of urea groups is 1. The fourth-order valence-electron chi connectivity index (χ4n) is 3.38. The van der Waals surface area contributed by atoms with Crippen molar-refractivity contribution in [3.8, 4) is 0 Å². The van der Waals surface area contributed by atoms with Gasteiger partial charge in [0.25, 0.3) is 11.8 Å². The van der Waals surface area contributed by atoms with Gasteiger partial charge in [-0.1, -0.05) is 58.0 Å². The van der Waals surface area contributed by atoms with Gasteiger partial charge < -0.3 is 15.0 Å². The van der Waals surface area contributed by atoms with Crippen LogP contribution in [0, 0.1) is 11.8 Å². The molecular formula is C22H31N3O5. The van der Waals surface area contributed by atoms with Crippen LogP contribution < -0.4 is 5.32 Å². The number of esters is 1. The molecule has 1 aromatic carbocycles. The van der Waals surface area contributed by atoms with Gasteiger partial charge in [-0.25, -0.2) is 4.79 Å². The molecule has 8 nitrogen and oxygen atoms in total. The lowest BCUT2D eigenvalue weighted by atomic mass is 9.92. The summed E-state index contributed by atoms with van der Waals surface area (Å²) in [6, 6.07) is 8.14. The van der Waals surface area contributed by atoms with E-state index in [-0.39, 0.29) is 17.7 Å². The fourth-order valence-corrected chi connectivity index (χ4v) is 3.38. The number of amides is 4. The van der Waals surface area contributed by atoms with E-state index in [4.69, 9.17) is 4.74 Å². The van der Waals surface area contributed by atoms with Crippen molar-refractivity contribution in [3.05, 3.63) is 35.9 Å². The Labute approximate surface area is 177 Å². The normalized spacial score (nSPS) is 18.7. The zero-order chi connectivity index (χ0) is 22.5. The topological polar surface area (TPSA) is 96.0 Å². The van der Waals surface area contributed by atoms with Crippen LogP contribution in [0.2, 0.25) is 0 Å². The monoisotopic (exact) mass is 417 g/mol. The van der Waals surface area contributed by atoms with E-state index in [2.05, 4.69) is 5.32 Å². The van der Waals surface area contributed by atoms with Gasteiger partial charge in [0, 0.05) is 13.1 Å². The van der Waals surface area contributed by atoms with E-state index in [9.17, 15) is 19.2 Å². The second-order valence-electron chi connectivity index (χ2n) is 8.56.